The molecule has 8 heteroatoms. The highest BCUT2D eigenvalue weighted by Gasteiger charge is 2.61. The number of carbonyl (C=O) groups excluding carboxylic acids is 2. The maximum Gasteiger partial charge on any atom is 0.414 e. The molecule has 1 aromatic carbocycles. The van der Waals surface area contributed by atoms with Crippen molar-refractivity contribution in [3.8, 4) is 0 Å². The van der Waals surface area contributed by atoms with E-state index in [1.165, 1.54) is 18.9 Å². The van der Waals surface area contributed by atoms with Crippen LogP contribution >= 0.6 is 11.3 Å². The van der Waals surface area contributed by atoms with Gasteiger partial charge >= 0.3 is 6.09 Å². The van der Waals surface area contributed by atoms with E-state index in [4.69, 9.17) is 4.74 Å². The van der Waals surface area contributed by atoms with E-state index in [1.807, 2.05) is 23.7 Å². The van der Waals surface area contributed by atoms with Crippen LogP contribution in [0.1, 0.15) is 18.9 Å². The number of nitrogens with zero attached hydrogens (tertiary/aromatic N) is 3. The number of amides is 2. The Balaban J connectivity index is 1.27. The number of benzene rings is 1. The van der Waals surface area contributed by atoms with Gasteiger partial charge in [-0.2, -0.15) is 0 Å². The minimum atomic E-state index is -0.360. The molecule has 146 valence electrons. The lowest BCUT2D eigenvalue weighted by Gasteiger charge is -2.21. The normalized spacial score (nSPS) is 28.2. The molecule has 1 aliphatic carbocycles. The van der Waals surface area contributed by atoms with Crippen LogP contribution in [0.15, 0.2) is 35.8 Å². The summed E-state index contributed by atoms with van der Waals surface area (Å²) in [6.07, 6.45) is 2.41. The van der Waals surface area contributed by atoms with Crippen molar-refractivity contribution >= 4 is 34.2 Å². The second-order valence-electron chi connectivity index (χ2n) is 7.85. The minimum absolute atomic E-state index is 0.125. The zero-order valence-corrected chi connectivity index (χ0v) is 16.4. The Kier molecular flexibility index (Phi) is 4.04. The molecule has 0 radical (unpaired) electrons. The summed E-state index contributed by atoms with van der Waals surface area (Å²) in [5.74, 6) is 0.557. The Labute approximate surface area is 167 Å². The Bertz CT molecular complexity index is 901. The van der Waals surface area contributed by atoms with Gasteiger partial charge in [-0.1, -0.05) is 12.1 Å². The minimum Gasteiger partial charge on any atom is -0.442 e. The molecule has 0 spiro atoms. The molecule has 3 atom stereocenters. The van der Waals surface area contributed by atoms with E-state index < -0.39 is 0 Å². The third-order valence-electron chi connectivity index (χ3n) is 6.04. The first-order valence-corrected chi connectivity index (χ1v) is 10.4. The second kappa shape index (κ2) is 6.48. The van der Waals surface area contributed by atoms with Crippen LogP contribution in [0.2, 0.25) is 0 Å². The first-order valence-electron chi connectivity index (χ1n) is 9.53. The number of ether oxygens (including phenoxy) is 1. The molecule has 1 N–H and O–H groups in total. The molecule has 2 saturated heterocycles. The summed E-state index contributed by atoms with van der Waals surface area (Å²) >= 11 is 1.69. The van der Waals surface area contributed by atoms with Gasteiger partial charge in [0.15, 0.2) is 5.13 Å². The Morgan fingerprint density at radius 2 is 2.18 bits per heavy atom. The largest absolute Gasteiger partial charge is 0.442 e. The maximum absolute atomic E-state index is 12.2. The summed E-state index contributed by atoms with van der Waals surface area (Å²) in [6, 6.07) is 8.31. The average Bonchev–Trinajstić information content (AvgIpc) is 3.13. The van der Waals surface area contributed by atoms with Crippen LogP contribution in [0.3, 0.4) is 0 Å². The van der Waals surface area contributed by atoms with Crippen molar-refractivity contribution in [1.82, 2.24) is 10.3 Å². The second-order valence-corrected chi connectivity index (χ2v) is 8.73. The molecule has 2 aromatic rings. The van der Waals surface area contributed by atoms with Crippen LogP contribution in [0, 0.1) is 5.92 Å². The van der Waals surface area contributed by atoms with Crippen molar-refractivity contribution in [2.75, 3.05) is 36.0 Å². The van der Waals surface area contributed by atoms with Crippen LogP contribution in [0.4, 0.5) is 15.6 Å². The summed E-state index contributed by atoms with van der Waals surface area (Å²) in [7, 11) is 0. The van der Waals surface area contributed by atoms with E-state index in [9.17, 15) is 9.59 Å². The summed E-state index contributed by atoms with van der Waals surface area (Å²) in [6.45, 7) is 4.32. The number of fused-ring (bicyclic) bond motifs is 1. The van der Waals surface area contributed by atoms with Crippen molar-refractivity contribution in [2.24, 2.45) is 5.92 Å². The van der Waals surface area contributed by atoms with Gasteiger partial charge in [-0.15, -0.1) is 11.3 Å². The third-order valence-corrected chi connectivity index (χ3v) is 6.87. The zero-order chi connectivity index (χ0) is 19.3. The van der Waals surface area contributed by atoms with Gasteiger partial charge in [0.1, 0.15) is 6.10 Å². The first-order chi connectivity index (χ1) is 13.5. The average molecular weight is 398 g/mol. The third kappa shape index (κ3) is 2.92. The molecular weight excluding hydrogens is 376 g/mol. The molecule has 7 nitrogen and oxygen atoms in total. The smallest absolute Gasteiger partial charge is 0.414 e. The van der Waals surface area contributed by atoms with Gasteiger partial charge in [0.05, 0.1) is 13.1 Å². The van der Waals surface area contributed by atoms with Gasteiger partial charge in [0.2, 0.25) is 5.91 Å². The molecule has 3 fully saturated rings. The summed E-state index contributed by atoms with van der Waals surface area (Å²) in [5.41, 5.74) is 2.40. The molecule has 3 heterocycles. The van der Waals surface area contributed by atoms with Crippen LogP contribution in [-0.2, 0) is 14.9 Å². The summed E-state index contributed by atoms with van der Waals surface area (Å²) < 4.78 is 5.35. The van der Waals surface area contributed by atoms with Crippen LogP contribution < -0.4 is 15.1 Å². The number of carbonyl (C=O) groups is 2. The molecule has 1 aromatic heterocycles. The number of nitrogens with one attached hydrogen (secondary N) is 1. The molecular formula is C20H22N4O3S. The molecule has 5 rings (SSSR count). The zero-order valence-electron chi connectivity index (χ0n) is 15.6. The van der Waals surface area contributed by atoms with E-state index >= 15 is 0 Å². The molecule has 2 unspecified atom stereocenters. The van der Waals surface area contributed by atoms with E-state index in [1.54, 1.807) is 16.2 Å². The fourth-order valence-corrected chi connectivity index (χ4v) is 5.17. The van der Waals surface area contributed by atoms with Crippen molar-refractivity contribution in [3.63, 3.8) is 0 Å². The van der Waals surface area contributed by atoms with Gasteiger partial charge in [-0.3, -0.25) is 9.69 Å². The molecule has 1 saturated carbocycles. The van der Waals surface area contributed by atoms with Crippen LogP contribution in [0.5, 0.6) is 0 Å². The summed E-state index contributed by atoms with van der Waals surface area (Å²) in [4.78, 5) is 31.7. The lowest BCUT2D eigenvalue weighted by atomic mass is 9.95. The van der Waals surface area contributed by atoms with E-state index in [-0.39, 0.29) is 23.5 Å². The van der Waals surface area contributed by atoms with Gasteiger partial charge < -0.3 is 15.0 Å². The Morgan fingerprint density at radius 1 is 1.36 bits per heavy atom. The van der Waals surface area contributed by atoms with Crippen molar-refractivity contribution in [1.29, 1.82) is 0 Å². The maximum atomic E-state index is 12.2. The fourth-order valence-electron chi connectivity index (χ4n) is 4.52. The Hall–Kier alpha value is -2.61. The van der Waals surface area contributed by atoms with Crippen molar-refractivity contribution in [2.45, 2.75) is 24.9 Å². The molecule has 3 aliphatic rings. The van der Waals surface area contributed by atoms with Crippen molar-refractivity contribution < 1.29 is 14.3 Å². The number of rotatable bonds is 5. The predicted octanol–water partition coefficient (Wildman–Crippen LogP) is 2.38. The highest BCUT2D eigenvalue weighted by Crippen LogP contribution is 2.59. The van der Waals surface area contributed by atoms with Gasteiger partial charge in [-0.25, -0.2) is 9.78 Å². The lowest BCUT2D eigenvalue weighted by Crippen LogP contribution is -2.33. The Morgan fingerprint density at radius 3 is 2.89 bits per heavy atom. The van der Waals surface area contributed by atoms with Crippen LogP contribution in [-0.4, -0.2) is 49.3 Å². The molecule has 2 amide bonds. The van der Waals surface area contributed by atoms with E-state index in [0.717, 1.165) is 23.9 Å². The number of anilines is 2. The van der Waals surface area contributed by atoms with Gasteiger partial charge in [-0.05, 0) is 30.0 Å². The number of hydrogen-bond acceptors (Lipinski definition) is 6. The van der Waals surface area contributed by atoms with Gasteiger partial charge in [0.25, 0.3) is 0 Å². The highest BCUT2D eigenvalue weighted by atomic mass is 32.1. The van der Waals surface area contributed by atoms with E-state index in [2.05, 4.69) is 27.3 Å². The molecule has 2 aliphatic heterocycles. The number of aromatic nitrogens is 1. The highest BCUT2D eigenvalue weighted by molar-refractivity contribution is 7.13. The number of hydrogen-bond donors (Lipinski definition) is 1. The SMILES string of the molecule is CC(=O)NC[C@H]1CN(c2ccc(C34CC3CN(c3nccs3)C4)cc2)C(=O)O1. The number of piperidine rings is 1. The quantitative estimate of drug-likeness (QED) is 0.837. The topological polar surface area (TPSA) is 74.8 Å². The number of thiazole rings is 1. The monoisotopic (exact) mass is 398 g/mol. The van der Waals surface area contributed by atoms with Crippen LogP contribution in [0.25, 0.3) is 0 Å². The molecule has 0 bridgehead atoms. The fraction of sp³-hybridized carbons (Fsp3) is 0.450. The van der Waals surface area contributed by atoms with E-state index in [0.29, 0.717) is 19.0 Å². The summed E-state index contributed by atoms with van der Waals surface area (Å²) in [5, 5.41) is 5.83. The lowest BCUT2D eigenvalue weighted by molar-refractivity contribution is -0.119. The van der Waals surface area contributed by atoms with Gasteiger partial charge in [0, 0.05) is 42.7 Å². The number of cyclic esters (lactones) is 1. The van der Waals surface area contributed by atoms with Crippen molar-refractivity contribution in [3.05, 3.63) is 41.4 Å². The molecule has 28 heavy (non-hydrogen) atoms. The first kappa shape index (κ1) is 17.5. The predicted molar refractivity (Wildman–Crippen MR) is 107 cm³/mol. The standard InChI is InChI=1S/C20H22N4O3S/c1-13(25)22-9-17-11-24(19(26)27-17)16-4-2-14(3-5-16)20-8-15(20)10-23(12-20)18-21-6-7-28-18/h2-7,15,17H,8-12H2,1H3,(H,22,25)/t15?,17-,20?/m0/s1.